The molecule has 0 aliphatic rings. The molecule has 0 saturated carbocycles. The Morgan fingerprint density at radius 2 is 2.00 bits per heavy atom. The number of hydrogen-bond acceptors (Lipinski definition) is 2. The van der Waals surface area contributed by atoms with Crippen molar-refractivity contribution < 1.29 is 4.21 Å². The summed E-state index contributed by atoms with van der Waals surface area (Å²) in [6.45, 7) is 7.73. The van der Waals surface area contributed by atoms with Gasteiger partial charge >= 0.3 is 0 Å². The highest BCUT2D eigenvalue weighted by atomic mass is 79.9. The van der Waals surface area contributed by atoms with Gasteiger partial charge in [-0.3, -0.25) is 0 Å². The Bertz CT molecular complexity index is 700. The van der Waals surface area contributed by atoms with Crippen LogP contribution in [0, 0.1) is 0 Å². The summed E-state index contributed by atoms with van der Waals surface area (Å²) in [6.07, 6.45) is 0. The molecule has 0 radical (unpaired) electrons. The molecule has 2 unspecified atom stereocenters. The first-order valence-corrected chi connectivity index (χ1v) is 8.94. The molecule has 1 N–H and O–H groups in total. The number of hydrogen-bond donors (Lipinski definition) is 1. The van der Waals surface area contributed by atoms with Crippen LogP contribution in [-0.4, -0.2) is 13.9 Å². The lowest BCUT2D eigenvalue weighted by molar-refractivity contribution is 0.616. The molecular weight excluding hydrogens is 372 g/mol. The lowest BCUT2D eigenvalue weighted by atomic mass is 10.1. The molecule has 2 aromatic rings. The summed E-state index contributed by atoms with van der Waals surface area (Å²) in [5.74, 6) is 0. The number of rotatable bonds is 3. The average molecular weight is 390 g/mol. The number of halogens is 2. The molecule has 114 valence electrons. The highest BCUT2D eigenvalue weighted by Gasteiger charge is 2.23. The third-order valence-corrected chi connectivity index (χ3v) is 5.54. The molecule has 0 aliphatic heterocycles. The average Bonchev–Trinajstić information content (AvgIpc) is 2.37. The van der Waals surface area contributed by atoms with Crippen LogP contribution < -0.4 is 4.72 Å². The second-order valence-corrected chi connectivity index (χ2v) is 9.20. The van der Waals surface area contributed by atoms with Crippen LogP contribution in [0.25, 0.3) is 10.9 Å². The first-order valence-electron chi connectivity index (χ1n) is 6.62. The van der Waals surface area contributed by atoms with Crippen molar-refractivity contribution in [2.45, 2.75) is 38.5 Å². The van der Waals surface area contributed by atoms with Crippen molar-refractivity contribution in [3.8, 4) is 0 Å². The Balaban J connectivity index is 2.37. The molecule has 6 heteroatoms. The number of benzene rings is 1. The van der Waals surface area contributed by atoms with Gasteiger partial charge in [0, 0.05) is 21.5 Å². The Morgan fingerprint density at radius 1 is 1.33 bits per heavy atom. The van der Waals surface area contributed by atoms with Crippen LogP contribution in [0.5, 0.6) is 0 Å². The zero-order chi connectivity index (χ0) is 15.8. The summed E-state index contributed by atoms with van der Waals surface area (Å²) in [5, 5.41) is 1.44. The smallest absolute Gasteiger partial charge is 0.134 e. The molecule has 2 rings (SSSR count). The lowest BCUT2D eigenvalue weighted by Gasteiger charge is -2.22. The molecule has 1 aromatic heterocycles. The van der Waals surface area contributed by atoms with Crippen molar-refractivity contribution in [3.05, 3.63) is 39.5 Å². The van der Waals surface area contributed by atoms with Gasteiger partial charge < -0.3 is 0 Å². The molecule has 3 nitrogen and oxygen atoms in total. The summed E-state index contributed by atoms with van der Waals surface area (Å²) in [7, 11) is -1.16. The lowest BCUT2D eigenvalue weighted by Crippen LogP contribution is -2.34. The minimum Gasteiger partial charge on any atom is -0.242 e. The molecule has 0 bridgehead atoms. The first-order chi connectivity index (χ1) is 9.68. The SMILES string of the molecule is CC(NS(=O)C(C)(C)C)c1cc2cc(Br)ccc2nc1Cl. The van der Waals surface area contributed by atoms with E-state index < -0.39 is 11.0 Å². The summed E-state index contributed by atoms with van der Waals surface area (Å²) in [6, 6.07) is 7.69. The van der Waals surface area contributed by atoms with E-state index in [1.54, 1.807) is 0 Å². The fraction of sp³-hybridized carbons (Fsp3) is 0.400. The van der Waals surface area contributed by atoms with Crippen molar-refractivity contribution in [2.75, 3.05) is 0 Å². The highest BCUT2D eigenvalue weighted by molar-refractivity contribution is 9.10. The van der Waals surface area contributed by atoms with Crippen molar-refractivity contribution in [1.82, 2.24) is 9.71 Å². The molecule has 0 saturated heterocycles. The summed E-state index contributed by atoms with van der Waals surface area (Å²) < 4.78 is 16.0. The number of pyridine rings is 1. The van der Waals surface area contributed by atoms with Crippen LogP contribution >= 0.6 is 27.5 Å². The maximum Gasteiger partial charge on any atom is 0.134 e. The summed E-state index contributed by atoms with van der Waals surface area (Å²) in [5.41, 5.74) is 1.69. The van der Waals surface area contributed by atoms with E-state index in [-0.39, 0.29) is 10.8 Å². The Kier molecular flexibility index (Phi) is 5.08. The number of nitrogens with zero attached hydrogens (tertiary/aromatic N) is 1. The number of nitrogens with one attached hydrogen (secondary N) is 1. The van der Waals surface area contributed by atoms with Crippen LogP contribution in [0.2, 0.25) is 5.15 Å². The summed E-state index contributed by atoms with van der Waals surface area (Å²) in [4.78, 5) is 4.41. The number of fused-ring (bicyclic) bond motifs is 1. The Hall–Kier alpha value is -0.490. The predicted molar refractivity (Wildman–Crippen MR) is 93.9 cm³/mol. The van der Waals surface area contributed by atoms with Crippen molar-refractivity contribution in [1.29, 1.82) is 0 Å². The van der Waals surface area contributed by atoms with E-state index in [2.05, 4.69) is 25.6 Å². The largest absolute Gasteiger partial charge is 0.242 e. The van der Waals surface area contributed by atoms with Gasteiger partial charge in [0.2, 0.25) is 0 Å². The quantitative estimate of drug-likeness (QED) is 0.769. The van der Waals surface area contributed by atoms with Crippen molar-refractivity contribution in [2.24, 2.45) is 0 Å². The highest BCUT2D eigenvalue weighted by Crippen LogP contribution is 2.28. The van der Waals surface area contributed by atoms with Crippen molar-refractivity contribution >= 4 is 49.4 Å². The fourth-order valence-corrected chi connectivity index (χ4v) is 3.33. The standard InChI is InChI=1S/C15H18BrClN2OS/c1-9(19-21(20)15(2,3)4)12-8-10-7-11(16)5-6-13(10)18-14(12)17/h5-9,19H,1-4H3. The van der Waals surface area contributed by atoms with E-state index in [4.69, 9.17) is 11.6 Å². The monoisotopic (exact) mass is 388 g/mol. The normalized spacial score (nSPS) is 15.1. The third kappa shape index (κ3) is 4.03. The Morgan fingerprint density at radius 3 is 2.62 bits per heavy atom. The maximum absolute atomic E-state index is 12.2. The van der Waals surface area contributed by atoms with Gasteiger partial charge in [0.25, 0.3) is 0 Å². The van der Waals surface area contributed by atoms with Crippen LogP contribution in [0.1, 0.15) is 39.3 Å². The fourth-order valence-electron chi connectivity index (χ4n) is 1.84. The second-order valence-electron chi connectivity index (χ2n) is 5.93. The van der Waals surface area contributed by atoms with E-state index in [1.165, 1.54) is 0 Å². The van der Waals surface area contributed by atoms with Crippen LogP contribution in [0.15, 0.2) is 28.7 Å². The van der Waals surface area contributed by atoms with Crippen LogP contribution in [0.4, 0.5) is 0 Å². The van der Waals surface area contributed by atoms with Crippen LogP contribution in [0.3, 0.4) is 0 Å². The third-order valence-electron chi connectivity index (χ3n) is 3.06. The van der Waals surface area contributed by atoms with Gasteiger partial charge in [-0.15, -0.1) is 0 Å². The van der Waals surface area contributed by atoms with Crippen LogP contribution in [-0.2, 0) is 11.0 Å². The van der Waals surface area contributed by atoms with E-state index in [1.807, 2.05) is 52.0 Å². The van der Waals surface area contributed by atoms with E-state index in [9.17, 15) is 4.21 Å². The summed E-state index contributed by atoms with van der Waals surface area (Å²) >= 11 is 9.73. The molecule has 0 fully saturated rings. The van der Waals surface area contributed by atoms with Gasteiger partial charge in [0.15, 0.2) is 0 Å². The van der Waals surface area contributed by atoms with Gasteiger partial charge in [0.05, 0.1) is 21.2 Å². The Labute approximate surface area is 141 Å². The topological polar surface area (TPSA) is 42.0 Å². The molecular formula is C15H18BrClN2OS. The zero-order valence-electron chi connectivity index (χ0n) is 12.4. The number of aromatic nitrogens is 1. The zero-order valence-corrected chi connectivity index (χ0v) is 15.6. The van der Waals surface area contributed by atoms with E-state index >= 15 is 0 Å². The van der Waals surface area contributed by atoms with Crippen molar-refractivity contribution in [3.63, 3.8) is 0 Å². The molecule has 2 atom stereocenters. The predicted octanol–water partition coefficient (Wildman–Crippen LogP) is 4.76. The van der Waals surface area contributed by atoms with Gasteiger partial charge in [-0.25, -0.2) is 13.9 Å². The molecule has 1 heterocycles. The molecule has 0 aliphatic carbocycles. The molecule has 1 aromatic carbocycles. The van der Waals surface area contributed by atoms with Gasteiger partial charge in [0.1, 0.15) is 5.15 Å². The first kappa shape index (κ1) is 16.9. The van der Waals surface area contributed by atoms with E-state index in [0.29, 0.717) is 5.15 Å². The second kappa shape index (κ2) is 6.32. The minimum atomic E-state index is -1.16. The van der Waals surface area contributed by atoms with E-state index in [0.717, 1.165) is 20.9 Å². The maximum atomic E-state index is 12.2. The molecule has 0 spiro atoms. The molecule has 0 amide bonds. The molecule has 21 heavy (non-hydrogen) atoms. The van der Waals surface area contributed by atoms with Gasteiger partial charge in [-0.2, -0.15) is 0 Å². The van der Waals surface area contributed by atoms with Gasteiger partial charge in [-0.1, -0.05) is 27.5 Å². The van der Waals surface area contributed by atoms with Gasteiger partial charge in [-0.05, 0) is 52.0 Å². The minimum absolute atomic E-state index is 0.145.